The van der Waals surface area contributed by atoms with Gasteiger partial charge < -0.3 is 10.1 Å². The molecule has 3 nitrogen and oxygen atoms in total. The molecule has 0 radical (unpaired) electrons. The van der Waals surface area contributed by atoms with E-state index >= 15 is 0 Å². The monoisotopic (exact) mass is 542 g/mol. The summed E-state index contributed by atoms with van der Waals surface area (Å²) in [6.45, 7) is 5.42. The van der Waals surface area contributed by atoms with Crippen molar-refractivity contribution in [1.29, 1.82) is 0 Å². The summed E-state index contributed by atoms with van der Waals surface area (Å²) < 4.78 is 11.3. The largest absolute Gasteiger partial charge is 0.496 e. The lowest BCUT2D eigenvalue weighted by molar-refractivity contribution is 0.336. The molecule has 0 saturated carbocycles. The molecule has 29 heavy (non-hydrogen) atoms. The van der Waals surface area contributed by atoms with Crippen LogP contribution in [0.1, 0.15) is 52.4 Å². The second-order valence-corrected chi connectivity index (χ2v) is 9.89. The summed E-state index contributed by atoms with van der Waals surface area (Å²) in [6, 6.07) is 14.6. The van der Waals surface area contributed by atoms with Gasteiger partial charge in [0.2, 0.25) is 0 Å². The Kier molecular flexibility index (Phi) is 10.9. The molecule has 2 aromatic carbocycles. The Bertz CT molecular complexity index is 735. The number of unbranched alkanes of at least 4 members (excludes halogenated alkanes) is 2. The highest BCUT2D eigenvalue weighted by Gasteiger charge is 2.29. The summed E-state index contributed by atoms with van der Waals surface area (Å²) in [6.07, 6.45) is 7.09. The summed E-state index contributed by atoms with van der Waals surface area (Å²) in [7, 11) is 1.70. The molecule has 0 aliphatic rings. The van der Waals surface area contributed by atoms with Crippen LogP contribution in [0.4, 0.5) is 5.69 Å². The third kappa shape index (κ3) is 7.82. The molecule has 0 fully saturated rings. The number of anilines is 1. The Hall–Kier alpha value is -0.690. The zero-order valence-electron chi connectivity index (χ0n) is 17.6. The van der Waals surface area contributed by atoms with Crippen LogP contribution in [0.15, 0.2) is 56.3 Å². The van der Waals surface area contributed by atoms with E-state index < -0.39 is 0 Å². The lowest BCUT2D eigenvalue weighted by Crippen LogP contribution is -2.47. The van der Waals surface area contributed by atoms with Crippen molar-refractivity contribution in [1.82, 2.24) is 4.72 Å². The van der Waals surface area contributed by atoms with E-state index in [0.717, 1.165) is 39.0 Å². The maximum absolute atomic E-state index is 5.49. The topological polar surface area (TPSA) is 33.3 Å². The third-order valence-electron chi connectivity index (χ3n) is 5.01. The molecular formula is C23H32Br2N2OS. The lowest BCUT2D eigenvalue weighted by atomic mass is 9.88. The Labute approximate surface area is 197 Å². The second kappa shape index (κ2) is 12.9. The van der Waals surface area contributed by atoms with Crippen LogP contribution in [0.5, 0.6) is 5.75 Å². The smallest absolute Gasteiger partial charge is 0.134 e. The Balaban J connectivity index is 2.20. The Morgan fingerprint density at radius 1 is 0.966 bits per heavy atom. The van der Waals surface area contributed by atoms with Crippen molar-refractivity contribution in [2.45, 2.75) is 62.8 Å². The first-order chi connectivity index (χ1) is 14.0. The number of methoxy groups -OCH3 is 1. The van der Waals surface area contributed by atoms with Crippen LogP contribution in [0, 0.1) is 0 Å². The number of hydrogen-bond donors (Lipinski definition) is 2. The van der Waals surface area contributed by atoms with Crippen LogP contribution < -0.4 is 14.8 Å². The zero-order chi connectivity index (χ0) is 21.1. The van der Waals surface area contributed by atoms with Crippen LogP contribution >= 0.6 is 43.8 Å². The van der Waals surface area contributed by atoms with Crippen LogP contribution in [0.3, 0.4) is 0 Å². The molecule has 0 heterocycles. The van der Waals surface area contributed by atoms with Crippen LogP contribution in [0.25, 0.3) is 0 Å². The molecular weight excluding hydrogens is 512 g/mol. The molecule has 0 saturated heterocycles. The van der Waals surface area contributed by atoms with Gasteiger partial charge in [-0.25, -0.2) is 0 Å². The van der Waals surface area contributed by atoms with E-state index in [1.54, 1.807) is 19.1 Å². The molecule has 2 N–H and O–H groups in total. The van der Waals surface area contributed by atoms with Crippen molar-refractivity contribution in [2.75, 3.05) is 19.0 Å². The van der Waals surface area contributed by atoms with E-state index in [0.29, 0.717) is 0 Å². The normalized spacial score (nSPS) is 11.5. The first-order valence-electron chi connectivity index (χ1n) is 10.3. The number of hydrogen-bond acceptors (Lipinski definition) is 4. The summed E-state index contributed by atoms with van der Waals surface area (Å²) >= 11 is 8.94. The second-order valence-electron chi connectivity index (χ2n) is 7.33. The standard InChI is InChI=1S/C23H32Br2N2OS/c1-4-6-13-23(14-7-5-2,17-26-18-11-9-8-10-12-18)27-29-22-16-21(28-3)19(24)15-20(22)25/h8-12,15-16,26-27H,4-7,13-14,17H2,1-3H3. The highest BCUT2D eigenvalue weighted by Crippen LogP contribution is 2.37. The SMILES string of the molecule is CCCCC(CCCC)(CNc1ccccc1)NSc1cc(OC)c(Br)cc1Br. The number of benzene rings is 2. The minimum atomic E-state index is 0.0201. The number of rotatable bonds is 13. The fourth-order valence-electron chi connectivity index (χ4n) is 3.21. The Morgan fingerprint density at radius 2 is 1.62 bits per heavy atom. The molecule has 0 unspecified atom stereocenters. The molecule has 0 bridgehead atoms. The number of halogens is 2. The maximum atomic E-state index is 5.49. The average molecular weight is 544 g/mol. The van der Waals surface area contributed by atoms with Gasteiger partial charge in [-0.15, -0.1) is 0 Å². The molecule has 6 heteroatoms. The van der Waals surface area contributed by atoms with Gasteiger partial charge in [0.25, 0.3) is 0 Å². The molecule has 0 amide bonds. The van der Waals surface area contributed by atoms with Gasteiger partial charge in [0.15, 0.2) is 0 Å². The quantitative estimate of drug-likeness (QED) is 0.250. The van der Waals surface area contributed by atoms with Crippen molar-refractivity contribution in [3.8, 4) is 5.75 Å². The summed E-state index contributed by atoms with van der Waals surface area (Å²) in [5, 5.41) is 3.67. The van der Waals surface area contributed by atoms with E-state index in [2.05, 4.69) is 92.1 Å². The maximum Gasteiger partial charge on any atom is 0.134 e. The summed E-state index contributed by atoms with van der Waals surface area (Å²) in [5.74, 6) is 0.840. The van der Waals surface area contributed by atoms with Gasteiger partial charge in [-0.1, -0.05) is 57.7 Å². The van der Waals surface area contributed by atoms with Gasteiger partial charge in [-0.2, -0.15) is 0 Å². The van der Waals surface area contributed by atoms with Crippen LogP contribution in [0.2, 0.25) is 0 Å². The fraction of sp³-hybridized carbons (Fsp3) is 0.478. The van der Waals surface area contributed by atoms with Crippen LogP contribution in [-0.4, -0.2) is 19.2 Å². The molecule has 160 valence electrons. The highest BCUT2D eigenvalue weighted by molar-refractivity contribution is 9.11. The molecule has 2 aromatic rings. The highest BCUT2D eigenvalue weighted by atomic mass is 79.9. The lowest BCUT2D eigenvalue weighted by Gasteiger charge is -2.35. The van der Waals surface area contributed by atoms with E-state index in [4.69, 9.17) is 4.74 Å². The zero-order valence-corrected chi connectivity index (χ0v) is 21.6. The molecule has 2 rings (SSSR count). The minimum Gasteiger partial charge on any atom is -0.496 e. The minimum absolute atomic E-state index is 0.0201. The van der Waals surface area contributed by atoms with Gasteiger partial charge in [-0.3, -0.25) is 4.72 Å². The molecule has 0 aromatic heterocycles. The van der Waals surface area contributed by atoms with Crippen molar-refractivity contribution < 1.29 is 4.74 Å². The van der Waals surface area contributed by atoms with Gasteiger partial charge in [0.05, 0.1) is 11.6 Å². The van der Waals surface area contributed by atoms with Gasteiger partial charge in [-0.05, 0) is 80.9 Å². The number of nitrogens with one attached hydrogen (secondary N) is 2. The van der Waals surface area contributed by atoms with Gasteiger partial charge in [0, 0.05) is 27.1 Å². The van der Waals surface area contributed by atoms with E-state index in [1.807, 2.05) is 6.07 Å². The summed E-state index contributed by atoms with van der Waals surface area (Å²) in [4.78, 5) is 1.13. The van der Waals surface area contributed by atoms with Crippen LogP contribution in [-0.2, 0) is 0 Å². The first kappa shape index (κ1) is 24.6. The van der Waals surface area contributed by atoms with E-state index in [-0.39, 0.29) is 5.54 Å². The predicted molar refractivity (Wildman–Crippen MR) is 134 cm³/mol. The van der Waals surface area contributed by atoms with E-state index in [9.17, 15) is 0 Å². The average Bonchev–Trinajstić information content (AvgIpc) is 2.74. The third-order valence-corrected chi connectivity index (χ3v) is 7.64. The first-order valence-corrected chi connectivity index (χ1v) is 12.7. The number of ether oxygens (including phenoxy) is 1. The fourth-order valence-corrected chi connectivity index (χ4v) is 5.53. The molecule has 0 aliphatic heterocycles. The molecule has 0 atom stereocenters. The van der Waals surface area contributed by atoms with Crippen molar-refractivity contribution in [3.05, 3.63) is 51.4 Å². The molecule has 0 spiro atoms. The van der Waals surface area contributed by atoms with Crippen molar-refractivity contribution in [2.24, 2.45) is 0 Å². The Morgan fingerprint density at radius 3 is 2.21 bits per heavy atom. The van der Waals surface area contributed by atoms with Crippen molar-refractivity contribution in [3.63, 3.8) is 0 Å². The van der Waals surface area contributed by atoms with Gasteiger partial charge >= 0.3 is 0 Å². The summed E-state index contributed by atoms with van der Waals surface area (Å²) in [5.41, 5.74) is 1.19. The van der Waals surface area contributed by atoms with Gasteiger partial charge in [0.1, 0.15) is 5.75 Å². The predicted octanol–water partition coefficient (Wildman–Crippen LogP) is 8.05. The van der Waals surface area contributed by atoms with E-state index in [1.165, 1.54) is 31.4 Å². The molecule has 0 aliphatic carbocycles. The number of para-hydroxylation sites is 1. The van der Waals surface area contributed by atoms with Crippen molar-refractivity contribution >= 4 is 49.5 Å².